The van der Waals surface area contributed by atoms with Crippen molar-refractivity contribution in [1.29, 1.82) is 0 Å². The molecule has 25 heavy (non-hydrogen) atoms. The van der Waals surface area contributed by atoms with Crippen LogP contribution in [0.3, 0.4) is 0 Å². The number of aryl methyl sites for hydroxylation is 1. The van der Waals surface area contributed by atoms with Gasteiger partial charge in [-0.15, -0.1) is 0 Å². The molecule has 5 heteroatoms. The van der Waals surface area contributed by atoms with Crippen LogP contribution in [-0.4, -0.2) is 19.6 Å². The third-order valence-corrected chi connectivity index (χ3v) is 5.01. The van der Waals surface area contributed by atoms with Gasteiger partial charge in [-0.1, -0.05) is 12.1 Å². The number of hydrogen-bond donors (Lipinski definition) is 1. The molecule has 0 spiro atoms. The number of methoxy groups -OCH3 is 1. The van der Waals surface area contributed by atoms with Gasteiger partial charge < -0.3 is 14.8 Å². The summed E-state index contributed by atoms with van der Waals surface area (Å²) in [5.41, 5.74) is 4.05. The molecule has 2 aromatic rings. The van der Waals surface area contributed by atoms with Crippen molar-refractivity contribution in [1.82, 2.24) is 0 Å². The molecular weight excluding hydrogens is 382 g/mol. The van der Waals surface area contributed by atoms with E-state index in [2.05, 4.69) is 27.3 Å². The zero-order valence-corrected chi connectivity index (χ0v) is 16.1. The Morgan fingerprint density at radius 2 is 2.04 bits per heavy atom. The quantitative estimate of drug-likeness (QED) is 0.764. The smallest absolute Gasteiger partial charge is 0.255 e. The molecule has 1 N–H and O–H groups in total. The van der Waals surface area contributed by atoms with E-state index >= 15 is 0 Å². The van der Waals surface area contributed by atoms with Crippen LogP contribution >= 0.6 is 15.9 Å². The highest BCUT2D eigenvalue weighted by atomic mass is 79.9. The van der Waals surface area contributed by atoms with Crippen LogP contribution in [0.15, 0.2) is 34.8 Å². The van der Waals surface area contributed by atoms with Crippen LogP contribution in [0.1, 0.15) is 41.3 Å². The average molecular weight is 404 g/mol. The summed E-state index contributed by atoms with van der Waals surface area (Å²) in [6.45, 7) is 2.40. The van der Waals surface area contributed by atoms with Crippen LogP contribution < -0.4 is 14.8 Å². The molecule has 0 fully saturated rings. The second-order valence-corrected chi connectivity index (χ2v) is 6.88. The molecule has 0 saturated carbocycles. The number of rotatable bonds is 5. The van der Waals surface area contributed by atoms with Crippen molar-refractivity contribution in [3.8, 4) is 11.5 Å². The minimum absolute atomic E-state index is 0.150. The second-order valence-electron chi connectivity index (χ2n) is 6.03. The number of anilines is 1. The molecule has 2 aromatic carbocycles. The molecule has 0 unspecified atom stereocenters. The maximum atomic E-state index is 12.8. The molecule has 3 rings (SSSR count). The number of carbonyl (C=O) groups excluding carboxylic acids is 1. The monoisotopic (exact) mass is 403 g/mol. The number of carbonyl (C=O) groups is 1. The lowest BCUT2D eigenvalue weighted by atomic mass is 9.90. The highest BCUT2D eigenvalue weighted by Gasteiger charge is 2.18. The van der Waals surface area contributed by atoms with Crippen molar-refractivity contribution in [2.45, 2.75) is 32.6 Å². The first kappa shape index (κ1) is 17.8. The normalized spacial score (nSPS) is 13.1. The Labute approximate surface area is 156 Å². The predicted molar refractivity (Wildman–Crippen MR) is 103 cm³/mol. The summed E-state index contributed by atoms with van der Waals surface area (Å²) in [4.78, 5) is 12.8. The Balaban J connectivity index is 1.89. The van der Waals surface area contributed by atoms with E-state index in [1.54, 1.807) is 19.2 Å². The molecule has 1 amide bonds. The summed E-state index contributed by atoms with van der Waals surface area (Å²) in [7, 11) is 1.58. The lowest BCUT2D eigenvalue weighted by molar-refractivity contribution is 0.102. The zero-order chi connectivity index (χ0) is 17.8. The Morgan fingerprint density at radius 3 is 2.80 bits per heavy atom. The molecule has 132 valence electrons. The van der Waals surface area contributed by atoms with Crippen LogP contribution in [0.5, 0.6) is 11.5 Å². The van der Waals surface area contributed by atoms with E-state index in [1.807, 2.05) is 19.1 Å². The van der Waals surface area contributed by atoms with Crippen molar-refractivity contribution in [2.75, 3.05) is 19.0 Å². The summed E-state index contributed by atoms with van der Waals surface area (Å²) < 4.78 is 11.7. The van der Waals surface area contributed by atoms with Gasteiger partial charge in [0.05, 0.1) is 18.2 Å². The van der Waals surface area contributed by atoms with Crippen LogP contribution in [0.2, 0.25) is 0 Å². The first-order chi connectivity index (χ1) is 12.1. The van der Waals surface area contributed by atoms with Crippen molar-refractivity contribution < 1.29 is 14.3 Å². The standard InChI is InChI=1S/C20H22BrNO3/c1-3-25-18-12-14(11-16(21)19(18)24-2)20(23)22-17-10-6-8-13-7-4-5-9-15(13)17/h6,8,10-12H,3-5,7,9H2,1-2H3,(H,22,23). The highest BCUT2D eigenvalue weighted by molar-refractivity contribution is 9.10. The Hall–Kier alpha value is -2.01. The third-order valence-electron chi connectivity index (χ3n) is 4.42. The van der Waals surface area contributed by atoms with E-state index in [0.717, 1.165) is 18.5 Å². The average Bonchev–Trinajstić information content (AvgIpc) is 2.62. The molecule has 4 nitrogen and oxygen atoms in total. The highest BCUT2D eigenvalue weighted by Crippen LogP contribution is 2.37. The first-order valence-electron chi connectivity index (χ1n) is 8.56. The van der Waals surface area contributed by atoms with Crippen LogP contribution in [0.25, 0.3) is 0 Å². The van der Waals surface area contributed by atoms with Crippen molar-refractivity contribution in [3.63, 3.8) is 0 Å². The molecule has 0 radical (unpaired) electrons. The maximum absolute atomic E-state index is 12.8. The number of fused-ring (bicyclic) bond motifs is 1. The third kappa shape index (κ3) is 3.82. The van der Waals surface area contributed by atoms with Crippen molar-refractivity contribution >= 4 is 27.5 Å². The van der Waals surface area contributed by atoms with E-state index in [-0.39, 0.29) is 5.91 Å². The van der Waals surface area contributed by atoms with Gasteiger partial charge in [0.15, 0.2) is 11.5 Å². The van der Waals surface area contributed by atoms with Crippen LogP contribution in [0.4, 0.5) is 5.69 Å². The van der Waals surface area contributed by atoms with Gasteiger partial charge in [-0.3, -0.25) is 4.79 Å². The summed E-state index contributed by atoms with van der Waals surface area (Å²) in [5, 5.41) is 3.06. The van der Waals surface area contributed by atoms with Gasteiger partial charge in [0.25, 0.3) is 5.91 Å². The molecule has 0 aromatic heterocycles. The maximum Gasteiger partial charge on any atom is 0.255 e. The Morgan fingerprint density at radius 1 is 1.24 bits per heavy atom. The number of halogens is 1. The minimum atomic E-state index is -0.150. The fourth-order valence-corrected chi connectivity index (χ4v) is 3.86. The SMILES string of the molecule is CCOc1cc(C(=O)Nc2cccc3c2CCCC3)cc(Br)c1OC. The van der Waals surface area contributed by atoms with Gasteiger partial charge >= 0.3 is 0 Å². The number of benzene rings is 2. The lowest BCUT2D eigenvalue weighted by Crippen LogP contribution is -2.16. The van der Waals surface area contributed by atoms with E-state index < -0.39 is 0 Å². The van der Waals surface area contributed by atoms with Crippen molar-refractivity contribution in [3.05, 3.63) is 51.5 Å². The molecule has 0 heterocycles. The number of nitrogens with one attached hydrogen (secondary N) is 1. The van der Waals surface area contributed by atoms with E-state index in [9.17, 15) is 4.79 Å². The number of hydrogen-bond acceptors (Lipinski definition) is 3. The topological polar surface area (TPSA) is 47.6 Å². The van der Waals surface area contributed by atoms with Crippen molar-refractivity contribution in [2.24, 2.45) is 0 Å². The predicted octanol–water partition coefficient (Wildman–Crippen LogP) is 4.99. The number of ether oxygens (including phenoxy) is 2. The summed E-state index contributed by atoms with van der Waals surface area (Å²) in [6, 6.07) is 9.62. The summed E-state index contributed by atoms with van der Waals surface area (Å²) in [5.74, 6) is 0.999. The van der Waals surface area contributed by atoms with Gasteiger partial charge in [-0.2, -0.15) is 0 Å². The molecule has 0 saturated heterocycles. The van der Waals surface area contributed by atoms with Gasteiger partial charge in [0, 0.05) is 11.3 Å². The van der Waals surface area contributed by atoms with E-state index in [4.69, 9.17) is 9.47 Å². The lowest BCUT2D eigenvalue weighted by Gasteiger charge is -2.20. The fourth-order valence-electron chi connectivity index (χ4n) is 3.25. The second kappa shape index (κ2) is 7.91. The molecule has 1 aliphatic carbocycles. The molecule has 1 aliphatic rings. The largest absolute Gasteiger partial charge is 0.492 e. The zero-order valence-electron chi connectivity index (χ0n) is 14.5. The van der Waals surface area contributed by atoms with Crippen LogP contribution in [0, 0.1) is 0 Å². The first-order valence-corrected chi connectivity index (χ1v) is 9.35. The summed E-state index contributed by atoms with van der Waals surface area (Å²) in [6.07, 6.45) is 4.49. The Kier molecular flexibility index (Phi) is 5.63. The van der Waals surface area contributed by atoms with Gasteiger partial charge in [0.1, 0.15) is 0 Å². The van der Waals surface area contributed by atoms with E-state index in [0.29, 0.717) is 28.1 Å². The van der Waals surface area contributed by atoms with Gasteiger partial charge in [-0.25, -0.2) is 0 Å². The number of amides is 1. The van der Waals surface area contributed by atoms with Gasteiger partial charge in [0.2, 0.25) is 0 Å². The molecule has 0 bridgehead atoms. The fraction of sp³-hybridized carbons (Fsp3) is 0.350. The summed E-state index contributed by atoms with van der Waals surface area (Å²) >= 11 is 3.46. The molecular formula is C20H22BrNO3. The Bertz CT molecular complexity index is 789. The minimum Gasteiger partial charge on any atom is -0.492 e. The molecule has 0 aliphatic heterocycles. The molecule has 0 atom stereocenters. The van der Waals surface area contributed by atoms with E-state index in [1.165, 1.54) is 24.0 Å². The van der Waals surface area contributed by atoms with Gasteiger partial charge in [-0.05, 0) is 77.9 Å². The van der Waals surface area contributed by atoms with Crippen LogP contribution in [-0.2, 0) is 12.8 Å².